The van der Waals surface area contributed by atoms with Crippen LogP contribution in [-0.4, -0.2) is 0 Å². The molecule has 2 unspecified atom stereocenters. The molecule has 0 bridgehead atoms. The quantitative estimate of drug-likeness (QED) is 0.177. The van der Waals surface area contributed by atoms with Gasteiger partial charge in [0.25, 0.3) is 0 Å². The smallest absolute Gasteiger partial charge is 0.136 e. The van der Waals surface area contributed by atoms with E-state index in [0.29, 0.717) is 0 Å². The van der Waals surface area contributed by atoms with Crippen LogP contribution in [0.1, 0.15) is 90.2 Å². The Hall–Kier alpha value is -2.74. The van der Waals surface area contributed by atoms with Gasteiger partial charge in [-0.15, -0.1) is 0 Å². The van der Waals surface area contributed by atoms with Crippen molar-refractivity contribution in [1.29, 1.82) is 0 Å². The fourth-order valence-corrected chi connectivity index (χ4v) is 5.95. The van der Waals surface area contributed by atoms with Gasteiger partial charge in [0.15, 0.2) is 0 Å². The second-order valence-corrected chi connectivity index (χ2v) is 11.0. The standard InChI is InChI=1S/C34H42O2/c1-5-9-11-23(7-3)17-25-13-15-31-27(19-25)29-21-34-30(22-33(29)35-31)28-20-26(14-16-32(28)36-34)18-24(8-4)12-10-6-2/h13-16,19-24H,5-12,17-18H2,1-4H3. The third-order valence-corrected chi connectivity index (χ3v) is 8.33. The Morgan fingerprint density at radius 3 is 1.33 bits per heavy atom. The molecule has 0 spiro atoms. The van der Waals surface area contributed by atoms with Crippen LogP contribution in [-0.2, 0) is 12.8 Å². The Kier molecular flexibility index (Phi) is 7.70. The second-order valence-electron chi connectivity index (χ2n) is 11.0. The minimum Gasteiger partial charge on any atom is -0.456 e. The molecule has 0 aliphatic rings. The molecule has 0 aliphatic heterocycles. The maximum absolute atomic E-state index is 6.34. The average molecular weight is 483 g/mol. The molecule has 2 aromatic heterocycles. The zero-order chi connectivity index (χ0) is 25.1. The highest BCUT2D eigenvalue weighted by atomic mass is 16.3. The number of hydrogen-bond donors (Lipinski definition) is 0. The average Bonchev–Trinajstić information content (AvgIpc) is 3.44. The third-order valence-electron chi connectivity index (χ3n) is 8.33. The molecule has 2 atom stereocenters. The van der Waals surface area contributed by atoms with E-state index in [-0.39, 0.29) is 0 Å². The first kappa shape index (κ1) is 24.9. The highest BCUT2D eigenvalue weighted by Gasteiger charge is 2.16. The van der Waals surface area contributed by atoms with Crippen molar-refractivity contribution in [3.63, 3.8) is 0 Å². The molecular formula is C34H42O2. The zero-order valence-electron chi connectivity index (χ0n) is 22.7. The van der Waals surface area contributed by atoms with Crippen LogP contribution < -0.4 is 0 Å². The molecule has 0 aliphatic carbocycles. The van der Waals surface area contributed by atoms with Crippen LogP contribution in [0.15, 0.2) is 57.4 Å². The normalized spacial score (nSPS) is 13.9. The topological polar surface area (TPSA) is 26.3 Å². The summed E-state index contributed by atoms with van der Waals surface area (Å²) in [6.07, 6.45) is 12.6. The molecule has 36 heavy (non-hydrogen) atoms. The molecular weight excluding hydrogens is 440 g/mol. The molecule has 0 amide bonds. The number of fused-ring (bicyclic) bond motifs is 6. The fraction of sp³-hybridized carbons (Fsp3) is 0.471. The molecule has 0 saturated carbocycles. The molecule has 5 aromatic rings. The van der Waals surface area contributed by atoms with Gasteiger partial charge < -0.3 is 8.83 Å². The first-order valence-corrected chi connectivity index (χ1v) is 14.4. The van der Waals surface area contributed by atoms with Crippen LogP contribution >= 0.6 is 0 Å². The maximum atomic E-state index is 6.34. The predicted octanol–water partition coefficient (Wildman–Crippen LogP) is 11.0. The van der Waals surface area contributed by atoms with Crippen LogP contribution in [0.2, 0.25) is 0 Å². The van der Waals surface area contributed by atoms with Gasteiger partial charge in [-0.2, -0.15) is 0 Å². The van der Waals surface area contributed by atoms with Crippen LogP contribution in [0.4, 0.5) is 0 Å². The van der Waals surface area contributed by atoms with Gasteiger partial charge in [-0.1, -0.05) is 91.2 Å². The van der Waals surface area contributed by atoms with Crippen molar-refractivity contribution in [2.75, 3.05) is 0 Å². The number of furan rings is 2. The summed E-state index contributed by atoms with van der Waals surface area (Å²) in [6, 6.07) is 17.9. The van der Waals surface area contributed by atoms with Crippen LogP contribution in [0, 0.1) is 11.8 Å². The highest BCUT2D eigenvalue weighted by Crippen LogP contribution is 2.38. The molecule has 3 aromatic carbocycles. The van der Waals surface area contributed by atoms with E-state index in [1.807, 2.05) is 0 Å². The Morgan fingerprint density at radius 2 is 0.944 bits per heavy atom. The third kappa shape index (κ3) is 5.05. The van der Waals surface area contributed by atoms with Gasteiger partial charge in [-0.25, -0.2) is 0 Å². The predicted molar refractivity (Wildman–Crippen MR) is 155 cm³/mol. The van der Waals surface area contributed by atoms with E-state index in [9.17, 15) is 0 Å². The molecule has 2 heterocycles. The summed E-state index contributed by atoms with van der Waals surface area (Å²) < 4.78 is 12.7. The molecule has 0 fully saturated rings. The van der Waals surface area contributed by atoms with E-state index in [1.165, 1.54) is 73.3 Å². The SMILES string of the molecule is CCCCC(CC)Cc1ccc2oc3cc4c(cc3c2c1)oc1ccc(CC(CC)CCCC)cc14. The van der Waals surface area contributed by atoms with Gasteiger partial charge in [0.05, 0.1) is 0 Å². The lowest BCUT2D eigenvalue weighted by atomic mass is 9.91. The molecule has 190 valence electrons. The van der Waals surface area contributed by atoms with E-state index < -0.39 is 0 Å². The van der Waals surface area contributed by atoms with Crippen molar-refractivity contribution >= 4 is 43.9 Å². The number of unbranched alkanes of at least 4 members (excludes halogenated alkanes) is 2. The number of benzene rings is 3. The summed E-state index contributed by atoms with van der Waals surface area (Å²) in [5.41, 5.74) is 6.67. The van der Waals surface area contributed by atoms with Gasteiger partial charge in [0, 0.05) is 21.5 Å². The molecule has 0 saturated heterocycles. The van der Waals surface area contributed by atoms with Crippen molar-refractivity contribution in [3.8, 4) is 0 Å². The van der Waals surface area contributed by atoms with Gasteiger partial charge in [0.1, 0.15) is 22.3 Å². The van der Waals surface area contributed by atoms with Gasteiger partial charge >= 0.3 is 0 Å². The van der Waals surface area contributed by atoms with Gasteiger partial charge in [-0.3, -0.25) is 0 Å². The summed E-state index contributed by atoms with van der Waals surface area (Å²) in [4.78, 5) is 0. The molecule has 2 heteroatoms. The minimum absolute atomic E-state index is 0.756. The summed E-state index contributed by atoms with van der Waals surface area (Å²) in [5.74, 6) is 1.51. The maximum Gasteiger partial charge on any atom is 0.136 e. The van der Waals surface area contributed by atoms with Crippen molar-refractivity contribution < 1.29 is 8.83 Å². The summed E-state index contributed by atoms with van der Waals surface area (Å²) in [5, 5.41) is 4.73. The molecule has 0 N–H and O–H groups in total. The fourth-order valence-electron chi connectivity index (χ4n) is 5.95. The minimum atomic E-state index is 0.756. The summed E-state index contributed by atoms with van der Waals surface area (Å²) >= 11 is 0. The van der Waals surface area contributed by atoms with E-state index in [0.717, 1.165) is 57.8 Å². The van der Waals surface area contributed by atoms with E-state index >= 15 is 0 Å². The molecule has 0 radical (unpaired) electrons. The van der Waals surface area contributed by atoms with Crippen molar-refractivity contribution in [2.45, 2.75) is 91.9 Å². The second kappa shape index (κ2) is 11.1. The number of hydrogen-bond acceptors (Lipinski definition) is 2. The lowest BCUT2D eigenvalue weighted by molar-refractivity contribution is 0.449. The lowest BCUT2D eigenvalue weighted by Crippen LogP contribution is -2.03. The Bertz CT molecular complexity index is 1340. The highest BCUT2D eigenvalue weighted by molar-refractivity contribution is 6.14. The lowest BCUT2D eigenvalue weighted by Gasteiger charge is -2.14. The van der Waals surface area contributed by atoms with E-state index in [4.69, 9.17) is 8.83 Å². The monoisotopic (exact) mass is 482 g/mol. The van der Waals surface area contributed by atoms with Gasteiger partial charge in [-0.05, 0) is 72.2 Å². The van der Waals surface area contributed by atoms with Crippen molar-refractivity contribution in [1.82, 2.24) is 0 Å². The Balaban J connectivity index is 1.50. The number of rotatable bonds is 12. The van der Waals surface area contributed by atoms with Crippen molar-refractivity contribution in [2.24, 2.45) is 11.8 Å². The van der Waals surface area contributed by atoms with Crippen LogP contribution in [0.3, 0.4) is 0 Å². The van der Waals surface area contributed by atoms with E-state index in [2.05, 4.69) is 76.2 Å². The largest absolute Gasteiger partial charge is 0.456 e. The van der Waals surface area contributed by atoms with E-state index in [1.54, 1.807) is 0 Å². The Labute approximate surface area is 216 Å². The molecule has 5 rings (SSSR count). The summed E-state index contributed by atoms with van der Waals surface area (Å²) in [6.45, 7) is 9.21. The molecule has 2 nitrogen and oxygen atoms in total. The first-order chi connectivity index (χ1) is 17.6. The Morgan fingerprint density at radius 1 is 0.528 bits per heavy atom. The van der Waals surface area contributed by atoms with Gasteiger partial charge in [0.2, 0.25) is 0 Å². The van der Waals surface area contributed by atoms with Crippen molar-refractivity contribution in [3.05, 3.63) is 59.7 Å². The first-order valence-electron chi connectivity index (χ1n) is 14.4. The zero-order valence-corrected chi connectivity index (χ0v) is 22.7. The van der Waals surface area contributed by atoms with Crippen LogP contribution in [0.25, 0.3) is 43.9 Å². The van der Waals surface area contributed by atoms with Crippen LogP contribution in [0.5, 0.6) is 0 Å². The summed E-state index contributed by atoms with van der Waals surface area (Å²) in [7, 11) is 0.